The van der Waals surface area contributed by atoms with E-state index >= 15 is 0 Å². The Kier molecular flexibility index (Phi) is 6.74. The van der Waals surface area contributed by atoms with Crippen molar-refractivity contribution in [3.63, 3.8) is 0 Å². The molecule has 2 aromatic heterocycles. The van der Waals surface area contributed by atoms with Gasteiger partial charge in [-0.15, -0.1) is 0 Å². The fourth-order valence-corrected chi connectivity index (χ4v) is 4.29. The summed E-state index contributed by atoms with van der Waals surface area (Å²) in [5.41, 5.74) is 5.44. The zero-order valence-corrected chi connectivity index (χ0v) is 18.8. The summed E-state index contributed by atoms with van der Waals surface area (Å²) in [6, 6.07) is 15.3. The minimum absolute atomic E-state index is 0.0829. The number of aromatic amines is 2. The standard InChI is InChI=1S/C25H29N5O3/c1-15(2)11-16(13-23(31)30-33)25(32)29-22(24-27-20-9-5-6-10-21(20)28-24)12-17-14-26-19-8-4-3-7-18(17)19/h3-10,14-16,22,26,33H,11-13H2,1-2H3,(H,27,28)(H,29,32)(H,30,31)/t16-,22+/m1/s1. The highest BCUT2D eigenvalue weighted by Crippen LogP contribution is 2.26. The van der Waals surface area contributed by atoms with Crippen molar-refractivity contribution >= 4 is 33.8 Å². The molecule has 4 rings (SSSR count). The number of nitrogens with zero attached hydrogens (tertiary/aromatic N) is 1. The van der Waals surface area contributed by atoms with E-state index in [9.17, 15) is 9.59 Å². The van der Waals surface area contributed by atoms with Gasteiger partial charge in [0.15, 0.2) is 0 Å². The van der Waals surface area contributed by atoms with Crippen molar-refractivity contribution in [2.24, 2.45) is 11.8 Å². The molecular weight excluding hydrogens is 418 g/mol. The van der Waals surface area contributed by atoms with Crippen LogP contribution in [-0.4, -0.2) is 32.0 Å². The van der Waals surface area contributed by atoms with Crippen LogP contribution in [0.1, 0.15) is 44.1 Å². The van der Waals surface area contributed by atoms with Gasteiger partial charge in [-0.05, 0) is 36.1 Å². The molecule has 0 aliphatic carbocycles. The monoisotopic (exact) mass is 447 g/mol. The van der Waals surface area contributed by atoms with Crippen molar-refractivity contribution in [2.75, 3.05) is 0 Å². The van der Waals surface area contributed by atoms with Gasteiger partial charge >= 0.3 is 0 Å². The number of para-hydroxylation sites is 3. The van der Waals surface area contributed by atoms with Gasteiger partial charge in [0.2, 0.25) is 11.8 Å². The summed E-state index contributed by atoms with van der Waals surface area (Å²) in [6.07, 6.45) is 2.92. The van der Waals surface area contributed by atoms with Crippen molar-refractivity contribution in [1.29, 1.82) is 0 Å². The Hall–Kier alpha value is -3.65. The highest BCUT2D eigenvalue weighted by molar-refractivity contribution is 5.86. The molecule has 0 spiro atoms. The predicted octanol–water partition coefficient (Wildman–Crippen LogP) is 4.00. The van der Waals surface area contributed by atoms with E-state index in [1.165, 1.54) is 0 Å². The lowest BCUT2D eigenvalue weighted by molar-refractivity contribution is -0.135. The number of carbonyl (C=O) groups excluding carboxylic acids is 2. The van der Waals surface area contributed by atoms with Crippen molar-refractivity contribution in [3.8, 4) is 0 Å². The molecule has 33 heavy (non-hydrogen) atoms. The van der Waals surface area contributed by atoms with E-state index in [1.54, 1.807) is 5.48 Å². The maximum absolute atomic E-state index is 13.3. The zero-order valence-electron chi connectivity index (χ0n) is 18.8. The lowest BCUT2D eigenvalue weighted by atomic mass is 9.92. The second-order valence-electron chi connectivity index (χ2n) is 8.83. The van der Waals surface area contributed by atoms with Gasteiger partial charge in [0.25, 0.3) is 0 Å². The third-order valence-corrected chi connectivity index (χ3v) is 5.84. The van der Waals surface area contributed by atoms with Gasteiger partial charge in [-0.25, -0.2) is 10.5 Å². The number of benzene rings is 2. The van der Waals surface area contributed by atoms with Gasteiger partial charge in [0.1, 0.15) is 5.82 Å². The summed E-state index contributed by atoms with van der Waals surface area (Å²) < 4.78 is 0. The molecule has 0 radical (unpaired) electrons. The summed E-state index contributed by atoms with van der Waals surface area (Å²) in [6.45, 7) is 4.00. The van der Waals surface area contributed by atoms with Gasteiger partial charge in [0.05, 0.1) is 17.1 Å². The first-order valence-corrected chi connectivity index (χ1v) is 11.2. The first-order chi connectivity index (χ1) is 15.9. The Morgan fingerprint density at radius 2 is 1.79 bits per heavy atom. The highest BCUT2D eigenvalue weighted by Gasteiger charge is 2.27. The summed E-state index contributed by atoms with van der Waals surface area (Å²) in [4.78, 5) is 36.5. The molecule has 2 aromatic carbocycles. The van der Waals surface area contributed by atoms with Crippen LogP contribution in [0.15, 0.2) is 54.7 Å². The molecule has 172 valence electrons. The summed E-state index contributed by atoms with van der Waals surface area (Å²) in [7, 11) is 0. The number of hydroxylamine groups is 1. The summed E-state index contributed by atoms with van der Waals surface area (Å²) >= 11 is 0. The van der Waals surface area contributed by atoms with Crippen LogP contribution in [0.3, 0.4) is 0 Å². The van der Waals surface area contributed by atoms with Gasteiger partial charge in [-0.1, -0.05) is 44.2 Å². The summed E-state index contributed by atoms with van der Waals surface area (Å²) in [5, 5.41) is 13.2. The number of H-pyrrole nitrogens is 2. The molecule has 5 N–H and O–H groups in total. The average molecular weight is 448 g/mol. The van der Waals surface area contributed by atoms with Crippen molar-refractivity contribution in [2.45, 2.75) is 39.2 Å². The minimum Gasteiger partial charge on any atom is -0.361 e. The first-order valence-electron chi connectivity index (χ1n) is 11.2. The molecule has 2 atom stereocenters. The fraction of sp³-hybridized carbons (Fsp3) is 0.320. The molecule has 0 bridgehead atoms. The van der Waals surface area contributed by atoms with Crippen LogP contribution in [0.5, 0.6) is 0 Å². The summed E-state index contributed by atoms with van der Waals surface area (Å²) in [5.74, 6) is -0.507. The van der Waals surface area contributed by atoms with E-state index in [4.69, 9.17) is 10.2 Å². The quantitative estimate of drug-likeness (QED) is 0.197. The van der Waals surface area contributed by atoms with E-state index in [-0.39, 0.29) is 18.2 Å². The fourth-order valence-electron chi connectivity index (χ4n) is 4.29. The van der Waals surface area contributed by atoms with Crippen molar-refractivity contribution in [3.05, 3.63) is 66.1 Å². The molecule has 0 aliphatic rings. The number of rotatable bonds is 9. The zero-order chi connectivity index (χ0) is 23.4. The molecule has 0 saturated heterocycles. The van der Waals surface area contributed by atoms with Crippen LogP contribution < -0.4 is 10.8 Å². The number of amides is 2. The van der Waals surface area contributed by atoms with E-state index < -0.39 is 17.9 Å². The van der Waals surface area contributed by atoms with E-state index in [0.717, 1.165) is 27.5 Å². The number of hydrogen-bond donors (Lipinski definition) is 5. The normalized spacial score (nSPS) is 13.3. The molecule has 8 heteroatoms. The predicted molar refractivity (Wildman–Crippen MR) is 126 cm³/mol. The number of nitrogens with one attached hydrogen (secondary N) is 4. The third-order valence-electron chi connectivity index (χ3n) is 5.84. The van der Waals surface area contributed by atoms with Gasteiger partial charge in [0, 0.05) is 35.9 Å². The van der Waals surface area contributed by atoms with Crippen LogP contribution in [0.25, 0.3) is 21.9 Å². The maximum atomic E-state index is 13.3. The van der Waals surface area contributed by atoms with Crippen LogP contribution >= 0.6 is 0 Å². The SMILES string of the molecule is CC(C)C[C@H](CC(=O)NO)C(=O)N[C@@H](Cc1c[nH]c2ccccc12)c1nc2ccccc2[nH]1. The third kappa shape index (κ3) is 5.23. The molecule has 0 unspecified atom stereocenters. The smallest absolute Gasteiger partial charge is 0.244 e. The van der Waals surface area contributed by atoms with E-state index in [2.05, 4.69) is 15.3 Å². The number of imidazole rings is 1. The molecule has 0 aliphatic heterocycles. The Balaban J connectivity index is 1.65. The molecule has 4 aromatic rings. The van der Waals surface area contributed by atoms with Crippen LogP contribution in [0, 0.1) is 11.8 Å². The van der Waals surface area contributed by atoms with Gasteiger partial charge in [-0.2, -0.15) is 0 Å². The van der Waals surface area contributed by atoms with E-state index in [1.807, 2.05) is 68.6 Å². The number of hydrogen-bond acceptors (Lipinski definition) is 4. The van der Waals surface area contributed by atoms with Gasteiger partial charge < -0.3 is 15.3 Å². The van der Waals surface area contributed by atoms with Crippen molar-refractivity contribution in [1.82, 2.24) is 25.7 Å². The molecule has 8 nitrogen and oxygen atoms in total. The second kappa shape index (κ2) is 9.87. The van der Waals surface area contributed by atoms with Crippen LogP contribution in [-0.2, 0) is 16.0 Å². The average Bonchev–Trinajstić information content (AvgIpc) is 3.42. The lowest BCUT2D eigenvalue weighted by Crippen LogP contribution is -2.38. The minimum atomic E-state index is -0.576. The number of aromatic nitrogens is 3. The second-order valence-corrected chi connectivity index (χ2v) is 8.83. The Morgan fingerprint density at radius 1 is 1.06 bits per heavy atom. The Morgan fingerprint density at radius 3 is 2.52 bits per heavy atom. The van der Waals surface area contributed by atoms with Crippen molar-refractivity contribution < 1.29 is 14.8 Å². The molecule has 2 heterocycles. The molecule has 2 amide bonds. The number of fused-ring (bicyclic) bond motifs is 2. The van der Waals surface area contributed by atoms with Crippen LogP contribution in [0.2, 0.25) is 0 Å². The number of carbonyl (C=O) groups is 2. The maximum Gasteiger partial charge on any atom is 0.244 e. The highest BCUT2D eigenvalue weighted by atomic mass is 16.5. The Bertz CT molecular complexity index is 1230. The Labute approximate surface area is 191 Å². The van der Waals surface area contributed by atoms with Crippen LogP contribution in [0.4, 0.5) is 0 Å². The largest absolute Gasteiger partial charge is 0.361 e. The molecule has 0 fully saturated rings. The van der Waals surface area contributed by atoms with E-state index in [0.29, 0.717) is 18.7 Å². The molecule has 0 saturated carbocycles. The molecular formula is C25H29N5O3. The first kappa shape index (κ1) is 22.5. The lowest BCUT2D eigenvalue weighted by Gasteiger charge is -2.22. The van der Waals surface area contributed by atoms with Gasteiger partial charge in [-0.3, -0.25) is 14.8 Å². The topological polar surface area (TPSA) is 123 Å².